The lowest BCUT2D eigenvalue weighted by Crippen LogP contribution is -2.37. The van der Waals surface area contributed by atoms with Gasteiger partial charge in [0.1, 0.15) is 0 Å². The molecule has 1 aromatic heterocycles. The Hall–Kier alpha value is -1.42. The zero-order valence-electron chi connectivity index (χ0n) is 9.68. The number of aromatic nitrogens is 1. The van der Waals surface area contributed by atoms with Crippen LogP contribution >= 0.6 is 0 Å². The van der Waals surface area contributed by atoms with Gasteiger partial charge in [-0.05, 0) is 31.0 Å². The summed E-state index contributed by atoms with van der Waals surface area (Å²) in [7, 11) is 0. The quantitative estimate of drug-likeness (QED) is 0.768. The molecule has 0 amide bonds. The van der Waals surface area contributed by atoms with E-state index in [0.29, 0.717) is 13.0 Å². The molecule has 0 aliphatic heterocycles. The fourth-order valence-electron chi connectivity index (χ4n) is 1.66. The summed E-state index contributed by atoms with van der Waals surface area (Å²) in [6.07, 6.45) is 4.10. The molecule has 4 heteroatoms. The second kappa shape index (κ2) is 6.23. The predicted octanol–water partition coefficient (Wildman–Crippen LogP) is 1.67. The van der Waals surface area contributed by atoms with Crippen LogP contribution in [0.5, 0.6) is 0 Å². The summed E-state index contributed by atoms with van der Waals surface area (Å²) in [5, 5.41) is 12.2. The Morgan fingerprint density at radius 1 is 1.50 bits per heavy atom. The van der Waals surface area contributed by atoms with Crippen LogP contribution in [0.1, 0.15) is 25.8 Å². The molecule has 2 N–H and O–H groups in total. The largest absolute Gasteiger partial charge is 0.481 e. The fraction of sp³-hybridized carbons (Fsp3) is 0.500. The van der Waals surface area contributed by atoms with Crippen molar-refractivity contribution < 1.29 is 9.90 Å². The first-order valence-corrected chi connectivity index (χ1v) is 5.50. The van der Waals surface area contributed by atoms with E-state index in [1.165, 1.54) is 0 Å². The lowest BCUT2D eigenvalue weighted by molar-refractivity contribution is -0.142. The van der Waals surface area contributed by atoms with Gasteiger partial charge in [0.15, 0.2) is 0 Å². The minimum Gasteiger partial charge on any atom is -0.481 e. The van der Waals surface area contributed by atoms with Crippen LogP contribution in [0.2, 0.25) is 0 Å². The summed E-state index contributed by atoms with van der Waals surface area (Å²) in [6.45, 7) is 4.47. The summed E-state index contributed by atoms with van der Waals surface area (Å²) in [5.41, 5.74) is 1.11. The van der Waals surface area contributed by atoms with E-state index in [4.69, 9.17) is 5.11 Å². The van der Waals surface area contributed by atoms with E-state index in [9.17, 15) is 4.79 Å². The molecule has 2 atom stereocenters. The van der Waals surface area contributed by atoms with Gasteiger partial charge in [0.2, 0.25) is 0 Å². The van der Waals surface area contributed by atoms with Crippen LogP contribution < -0.4 is 5.32 Å². The van der Waals surface area contributed by atoms with Crippen molar-refractivity contribution in [2.45, 2.75) is 32.9 Å². The molecule has 2 unspecified atom stereocenters. The Labute approximate surface area is 95.7 Å². The molecule has 0 spiro atoms. The van der Waals surface area contributed by atoms with Crippen molar-refractivity contribution in [3.05, 3.63) is 30.1 Å². The lowest BCUT2D eigenvalue weighted by Gasteiger charge is -2.20. The summed E-state index contributed by atoms with van der Waals surface area (Å²) in [5.74, 6) is -1.07. The number of rotatable bonds is 6. The fourth-order valence-corrected chi connectivity index (χ4v) is 1.66. The van der Waals surface area contributed by atoms with Crippen molar-refractivity contribution in [3.8, 4) is 0 Å². The van der Waals surface area contributed by atoms with Gasteiger partial charge in [0, 0.05) is 25.0 Å². The number of nitrogens with zero attached hydrogens (tertiary/aromatic N) is 1. The molecule has 1 rings (SSSR count). The van der Waals surface area contributed by atoms with Gasteiger partial charge in [-0.25, -0.2) is 0 Å². The monoisotopic (exact) mass is 222 g/mol. The third-order valence-electron chi connectivity index (χ3n) is 2.74. The standard InChI is InChI=1S/C12H18N2O2/c1-3-11(12(15)16)9(2)14-8-10-4-6-13-7-5-10/h4-7,9,11,14H,3,8H2,1-2H3,(H,15,16). The highest BCUT2D eigenvalue weighted by atomic mass is 16.4. The molecular weight excluding hydrogens is 204 g/mol. The smallest absolute Gasteiger partial charge is 0.308 e. The average Bonchev–Trinajstić information content (AvgIpc) is 2.28. The highest BCUT2D eigenvalue weighted by Crippen LogP contribution is 2.09. The summed E-state index contributed by atoms with van der Waals surface area (Å²) in [4.78, 5) is 14.9. The van der Waals surface area contributed by atoms with E-state index < -0.39 is 5.97 Å². The van der Waals surface area contributed by atoms with Crippen LogP contribution in [0.25, 0.3) is 0 Å². The van der Waals surface area contributed by atoms with Gasteiger partial charge in [-0.2, -0.15) is 0 Å². The van der Waals surface area contributed by atoms with Crippen molar-refractivity contribution >= 4 is 5.97 Å². The average molecular weight is 222 g/mol. The SMILES string of the molecule is CCC(C(=O)O)C(C)NCc1ccncc1. The molecule has 16 heavy (non-hydrogen) atoms. The van der Waals surface area contributed by atoms with Crippen LogP contribution in [0.4, 0.5) is 0 Å². The first-order valence-electron chi connectivity index (χ1n) is 5.50. The van der Waals surface area contributed by atoms with E-state index >= 15 is 0 Å². The number of aliphatic carboxylic acids is 1. The van der Waals surface area contributed by atoms with Crippen LogP contribution in [0.3, 0.4) is 0 Å². The van der Waals surface area contributed by atoms with Gasteiger partial charge in [-0.15, -0.1) is 0 Å². The third kappa shape index (κ3) is 3.62. The molecule has 0 aliphatic rings. The highest BCUT2D eigenvalue weighted by molar-refractivity contribution is 5.70. The van der Waals surface area contributed by atoms with E-state index in [1.807, 2.05) is 26.0 Å². The number of carboxylic acid groups (broad SMARTS) is 1. The normalized spacial score (nSPS) is 14.4. The summed E-state index contributed by atoms with van der Waals surface area (Å²) in [6, 6.07) is 3.80. The number of pyridine rings is 1. The minimum atomic E-state index is -0.739. The second-order valence-corrected chi connectivity index (χ2v) is 3.88. The van der Waals surface area contributed by atoms with Crippen LogP contribution in [-0.4, -0.2) is 22.1 Å². The molecule has 0 aliphatic carbocycles. The molecule has 0 bridgehead atoms. The van der Waals surface area contributed by atoms with Crippen LogP contribution in [-0.2, 0) is 11.3 Å². The number of carboxylic acids is 1. The van der Waals surface area contributed by atoms with E-state index in [2.05, 4.69) is 10.3 Å². The summed E-state index contributed by atoms with van der Waals surface area (Å²) < 4.78 is 0. The third-order valence-corrected chi connectivity index (χ3v) is 2.74. The maximum atomic E-state index is 10.9. The second-order valence-electron chi connectivity index (χ2n) is 3.88. The first-order chi connectivity index (χ1) is 7.65. The zero-order valence-corrected chi connectivity index (χ0v) is 9.68. The Kier molecular flexibility index (Phi) is 4.92. The molecular formula is C12H18N2O2. The Balaban J connectivity index is 2.46. The Morgan fingerprint density at radius 3 is 2.62 bits per heavy atom. The molecule has 0 saturated carbocycles. The van der Waals surface area contributed by atoms with Crippen molar-refractivity contribution in [1.29, 1.82) is 0 Å². The predicted molar refractivity (Wildman–Crippen MR) is 62.0 cm³/mol. The van der Waals surface area contributed by atoms with Gasteiger partial charge in [-0.3, -0.25) is 9.78 Å². The summed E-state index contributed by atoms with van der Waals surface area (Å²) >= 11 is 0. The molecule has 0 fully saturated rings. The van der Waals surface area contributed by atoms with Crippen LogP contribution in [0.15, 0.2) is 24.5 Å². The van der Waals surface area contributed by atoms with Crippen LogP contribution in [0, 0.1) is 5.92 Å². The van der Waals surface area contributed by atoms with E-state index in [1.54, 1.807) is 12.4 Å². The van der Waals surface area contributed by atoms with Gasteiger partial charge in [-0.1, -0.05) is 6.92 Å². The molecule has 0 aromatic carbocycles. The lowest BCUT2D eigenvalue weighted by atomic mass is 9.98. The van der Waals surface area contributed by atoms with Gasteiger partial charge < -0.3 is 10.4 Å². The maximum absolute atomic E-state index is 10.9. The highest BCUT2D eigenvalue weighted by Gasteiger charge is 2.21. The molecule has 1 aromatic rings. The van der Waals surface area contributed by atoms with Crippen molar-refractivity contribution in [2.24, 2.45) is 5.92 Å². The van der Waals surface area contributed by atoms with Gasteiger partial charge in [0.25, 0.3) is 0 Å². The van der Waals surface area contributed by atoms with Crippen molar-refractivity contribution in [2.75, 3.05) is 0 Å². The molecule has 1 heterocycles. The molecule has 4 nitrogen and oxygen atoms in total. The minimum absolute atomic E-state index is 0.0318. The zero-order chi connectivity index (χ0) is 12.0. The molecule has 0 radical (unpaired) electrons. The van der Waals surface area contributed by atoms with Crippen molar-refractivity contribution in [3.63, 3.8) is 0 Å². The van der Waals surface area contributed by atoms with Crippen molar-refractivity contribution in [1.82, 2.24) is 10.3 Å². The number of hydrogen-bond acceptors (Lipinski definition) is 3. The Morgan fingerprint density at radius 2 is 2.12 bits per heavy atom. The molecule has 88 valence electrons. The Bertz CT molecular complexity index is 327. The first kappa shape index (κ1) is 12.6. The molecule has 0 saturated heterocycles. The number of carbonyl (C=O) groups is 1. The maximum Gasteiger partial charge on any atom is 0.308 e. The van der Waals surface area contributed by atoms with E-state index in [-0.39, 0.29) is 12.0 Å². The number of nitrogens with one attached hydrogen (secondary N) is 1. The topological polar surface area (TPSA) is 62.2 Å². The van der Waals surface area contributed by atoms with Gasteiger partial charge in [0.05, 0.1) is 5.92 Å². The van der Waals surface area contributed by atoms with Gasteiger partial charge >= 0.3 is 5.97 Å². The number of hydrogen-bond donors (Lipinski definition) is 2. The van der Waals surface area contributed by atoms with E-state index in [0.717, 1.165) is 5.56 Å².